The quantitative estimate of drug-likeness (QED) is 0.613. The molecule has 2 aromatic heterocycles. The first-order chi connectivity index (χ1) is 15.7. The second-order valence-corrected chi connectivity index (χ2v) is 10.2. The molecular weight excluding hydrogens is 442 g/mol. The highest BCUT2D eigenvalue weighted by Crippen LogP contribution is 2.29. The minimum atomic E-state index is -0.553. The summed E-state index contributed by atoms with van der Waals surface area (Å²) >= 11 is 1.35. The molecule has 2 amide bonds. The van der Waals surface area contributed by atoms with E-state index in [0.29, 0.717) is 31.2 Å². The van der Waals surface area contributed by atoms with Crippen LogP contribution < -0.4 is 11.0 Å². The van der Waals surface area contributed by atoms with E-state index in [9.17, 15) is 14.4 Å². The number of anilines is 1. The molecule has 0 aliphatic carbocycles. The van der Waals surface area contributed by atoms with Crippen LogP contribution >= 0.6 is 11.3 Å². The first-order valence-corrected chi connectivity index (χ1v) is 11.9. The Morgan fingerprint density at radius 1 is 1.18 bits per heavy atom. The predicted molar refractivity (Wildman–Crippen MR) is 128 cm³/mol. The maximum atomic E-state index is 12.9. The number of hydrogen-bond donors (Lipinski definition) is 1. The van der Waals surface area contributed by atoms with Crippen LogP contribution in [-0.2, 0) is 35.6 Å². The average Bonchev–Trinajstić information content (AvgIpc) is 3.26. The number of nitrogens with zero attached hydrogens (tertiary/aromatic N) is 4. The van der Waals surface area contributed by atoms with Gasteiger partial charge in [-0.1, -0.05) is 30.4 Å². The number of thiazole rings is 1. The molecule has 10 heteroatoms. The monoisotopic (exact) mass is 471 g/mol. The Morgan fingerprint density at radius 2 is 1.88 bits per heavy atom. The van der Waals surface area contributed by atoms with Gasteiger partial charge in [-0.2, -0.15) is 0 Å². The van der Waals surface area contributed by atoms with Gasteiger partial charge in [-0.25, -0.2) is 14.6 Å². The number of aryl methyl sites for hydroxylation is 1. The Balaban J connectivity index is 1.47. The lowest BCUT2D eigenvalue weighted by Gasteiger charge is -2.29. The molecule has 1 aliphatic heterocycles. The molecule has 0 atom stereocenters. The summed E-state index contributed by atoms with van der Waals surface area (Å²) in [6.07, 6.45) is 1.07. The van der Waals surface area contributed by atoms with Gasteiger partial charge in [0.15, 0.2) is 5.13 Å². The second kappa shape index (κ2) is 9.01. The average molecular weight is 472 g/mol. The van der Waals surface area contributed by atoms with E-state index in [-0.39, 0.29) is 24.2 Å². The molecule has 33 heavy (non-hydrogen) atoms. The van der Waals surface area contributed by atoms with Gasteiger partial charge in [0.05, 0.1) is 23.3 Å². The maximum absolute atomic E-state index is 12.9. The van der Waals surface area contributed by atoms with Crippen molar-refractivity contribution < 1.29 is 14.3 Å². The lowest BCUT2D eigenvalue weighted by Crippen LogP contribution is -2.39. The maximum Gasteiger partial charge on any atom is 0.410 e. The van der Waals surface area contributed by atoms with Crippen LogP contribution in [0, 0.1) is 0 Å². The highest BCUT2D eigenvalue weighted by atomic mass is 32.1. The zero-order chi connectivity index (χ0) is 23.8. The third kappa shape index (κ3) is 4.95. The number of rotatable bonds is 5. The fourth-order valence-corrected chi connectivity index (χ4v) is 4.94. The normalized spacial score (nSPS) is 13.8. The molecular formula is C23H29N5O4S. The van der Waals surface area contributed by atoms with E-state index in [4.69, 9.17) is 4.74 Å². The molecule has 176 valence electrons. The number of carbonyl (C=O) groups is 2. The van der Waals surface area contributed by atoms with Crippen molar-refractivity contribution >= 4 is 39.5 Å². The van der Waals surface area contributed by atoms with Gasteiger partial charge in [0.2, 0.25) is 5.91 Å². The van der Waals surface area contributed by atoms with E-state index >= 15 is 0 Å². The first-order valence-electron chi connectivity index (χ1n) is 11.1. The smallest absolute Gasteiger partial charge is 0.410 e. The molecule has 1 N–H and O–H groups in total. The van der Waals surface area contributed by atoms with Crippen molar-refractivity contribution in [3.05, 3.63) is 45.3 Å². The Bertz CT molecular complexity index is 1250. The van der Waals surface area contributed by atoms with E-state index in [2.05, 4.69) is 10.3 Å². The highest BCUT2D eigenvalue weighted by molar-refractivity contribution is 7.15. The van der Waals surface area contributed by atoms with Crippen molar-refractivity contribution in [1.29, 1.82) is 0 Å². The third-order valence-electron chi connectivity index (χ3n) is 5.30. The largest absolute Gasteiger partial charge is 0.444 e. The van der Waals surface area contributed by atoms with E-state index in [1.54, 1.807) is 9.47 Å². The number of ether oxygens (including phenoxy) is 1. The lowest BCUT2D eigenvalue weighted by molar-refractivity contribution is -0.116. The number of carbonyl (C=O) groups excluding carboxylic acids is 2. The Morgan fingerprint density at radius 3 is 2.55 bits per heavy atom. The molecule has 1 aliphatic rings. The van der Waals surface area contributed by atoms with Crippen LogP contribution in [0.15, 0.2) is 29.1 Å². The van der Waals surface area contributed by atoms with Gasteiger partial charge in [-0.05, 0) is 39.3 Å². The van der Waals surface area contributed by atoms with Crippen molar-refractivity contribution in [1.82, 2.24) is 19.0 Å². The number of nitrogens with one attached hydrogen (secondary N) is 1. The molecule has 4 rings (SSSR count). The second-order valence-electron chi connectivity index (χ2n) is 9.10. The van der Waals surface area contributed by atoms with Crippen LogP contribution in [0.3, 0.4) is 0 Å². The van der Waals surface area contributed by atoms with Crippen LogP contribution in [0.5, 0.6) is 0 Å². The number of fused-ring (bicyclic) bond motifs is 2. The van der Waals surface area contributed by atoms with E-state index in [1.807, 2.05) is 52.0 Å². The van der Waals surface area contributed by atoms with Gasteiger partial charge in [-0.3, -0.25) is 13.9 Å². The summed E-state index contributed by atoms with van der Waals surface area (Å²) < 4.78 is 8.67. The number of benzene rings is 1. The van der Waals surface area contributed by atoms with Gasteiger partial charge in [0.25, 0.3) is 0 Å². The third-order valence-corrected chi connectivity index (χ3v) is 6.30. The van der Waals surface area contributed by atoms with Crippen molar-refractivity contribution in [3.8, 4) is 0 Å². The standard InChI is InChI=1S/C23H29N5O4S/c1-5-11-27-16-8-6-7-9-17(16)28(21(27)30)14-19(29)25-20-24-15-10-12-26(13-18(15)33-20)22(31)32-23(2,3)4/h6-9H,5,10-14H2,1-4H3,(H,24,25,29). The zero-order valence-electron chi connectivity index (χ0n) is 19.4. The van der Waals surface area contributed by atoms with Crippen LogP contribution in [0.1, 0.15) is 44.7 Å². The summed E-state index contributed by atoms with van der Waals surface area (Å²) in [6.45, 7) is 8.96. The number of aromatic nitrogens is 3. The SMILES string of the molecule is CCCn1c(=O)n(CC(=O)Nc2nc3c(s2)CN(C(=O)OC(C)(C)C)CC3)c2ccccc21. The number of amides is 2. The summed E-state index contributed by atoms with van der Waals surface area (Å²) in [7, 11) is 0. The Labute approximate surface area is 196 Å². The molecule has 9 nitrogen and oxygen atoms in total. The molecule has 3 heterocycles. The van der Waals surface area contributed by atoms with E-state index in [0.717, 1.165) is 28.0 Å². The summed E-state index contributed by atoms with van der Waals surface area (Å²) in [4.78, 5) is 45.2. The van der Waals surface area contributed by atoms with Crippen molar-refractivity contribution in [2.24, 2.45) is 0 Å². The van der Waals surface area contributed by atoms with E-state index in [1.165, 1.54) is 15.9 Å². The summed E-state index contributed by atoms with van der Waals surface area (Å²) in [5.41, 5.74) is 1.69. The number of para-hydroxylation sites is 2. The molecule has 0 saturated heterocycles. The molecule has 0 unspecified atom stereocenters. The van der Waals surface area contributed by atoms with Gasteiger partial charge < -0.3 is 15.0 Å². The van der Waals surface area contributed by atoms with Crippen LogP contribution in [0.4, 0.5) is 9.93 Å². The molecule has 0 radical (unpaired) electrons. The van der Waals surface area contributed by atoms with Crippen molar-refractivity contribution in [3.63, 3.8) is 0 Å². The van der Waals surface area contributed by atoms with Crippen LogP contribution in [-0.4, -0.2) is 43.2 Å². The molecule has 3 aromatic rings. The molecule has 0 bridgehead atoms. The summed E-state index contributed by atoms with van der Waals surface area (Å²) in [5.74, 6) is -0.313. The fraction of sp³-hybridized carbons (Fsp3) is 0.478. The fourth-order valence-electron chi connectivity index (χ4n) is 3.90. The zero-order valence-corrected chi connectivity index (χ0v) is 20.2. The minimum Gasteiger partial charge on any atom is -0.444 e. The predicted octanol–water partition coefficient (Wildman–Crippen LogP) is 3.60. The highest BCUT2D eigenvalue weighted by Gasteiger charge is 2.28. The molecule has 0 saturated carbocycles. The first kappa shape index (κ1) is 23.0. The van der Waals surface area contributed by atoms with Gasteiger partial charge in [0.1, 0.15) is 12.1 Å². The summed E-state index contributed by atoms with van der Waals surface area (Å²) in [6, 6.07) is 7.49. The van der Waals surface area contributed by atoms with Gasteiger partial charge in [-0.15, -0.1) is 0 Å². The number of hydrogen-bond acceptors (Lipinski definition) is 6. The van der Waals surface area contributed by atoms with Crippen LogP contribution in [0.25, 0.3) is 11.0 Å². The lowest BCUT2D eigenvalue weighted by atomic mass is 10.2. The Hall–Kier alpha value is -3.14. The van der Waals surface area contributed by atoms with Crippen LogP contribution in [0.2, 0.25) is 0 Å². The van der Waals surface area contributed by atoms with Gasteiger partial charge >= 0.3 is 11.8 Å². The number of imidazole rings is 1. The van der Waals surface area contributed by atoms with E-state index < -0.39 is 5.60 Å². The molecule has 0 spiro atoms. The van der Waals surface area contributed by atoms with Crippen molar-refractivity contribution in [2.45, 2.75) is 65.8 Å². The Kier molecular flexibility index (Phi) is 6.29. The molecule has 0 fully saturated rings. The minimum absolute atomic E-state index is 0.0929. The van der Waals surface area contributed by atoms with Gasteiger partial charge in [0, 0.05) is 24.4 Å². The van der Waals surface area contributed by atoms with Crippen molar-refractivity contribution in [2.75, 3.05) is 11.9 Å². The topological polar surface area (TPSA) is 98.5 Å². The molecule has 1 aromatic carbocycles. The summed E-state index contributed by atoms with van der Waals surface area (Å²) in [5, 5.41) is 3.30.